The molecule has 0 unspecified atom stereocenters. The number of sulfonamides is 1. The molecule has 0 bridgehead atoms. The van der Waals surface area contributed by atoms with Crippen LogP contribution in [-0.4, -0.2) is 34.0 Å². The van der Waals surface area contributed by atoms with Gasteiger partial charge in [-0.25, -0.2) is 13.1 Å². The van der Waals surface area contributed by atoms with Crippen molar-refractivity contribution in [1.29, 1.82) is 0 Å². The topological polar surface area (TPSA) is 92.5 Å². The summed E-state index contributed by atoms with van der Waals surface area (Å²) in [5, 5.41) is 0. The molecule has 0 radical (unpaired) electrons. The van der Waals surface area contributed by atoms with Gasteiger partial charge in [0.25, 0.3) is 0 Å². The Morgan fingerprint density at radius 3 is 2.76 bits per heavy atom. The second kappa shape index (κ2) is 7.22. The van der Waals surface area contributed by atoms with Gasteiger partial charge in [-0.15, -0.1) is 12.4 Å². The molecule has 0 atom stereocenters. The number of amides is 1. The first-order valence-electron chi connectivity index (χ1n) is 6.62. The zero-order valence-corrected chi connectivity index (χ0v) is 13.5. The first-order chi connectivity index (χ1) is 9.49. The van der Waals surface area contributed by atoms with Crippen LogP contribution in [-0.2, 0) is 21.2 Å². The summed E-state index contributed by atoms with van der Waals surface area (Å²) in [5.41, 5.74) is 7.08. The fourth-order valence-electron chi connectivity index (χ4n) is 2.32. The molecule has 6 nitrogen and oxygen atoms in total. The number of anilines is 1. The van der Waals surface area contributed by atoms with E-state index in [0.29, 0.717) is 25.3 Å². The fraction of sp³-hybridized carbons (Fsp3) is 0.462. The number of halogens is 1. The maximum Gasteiger partial charge on any atom is 0.240 e. The predicted octanol–water partition coefficient (Wildman–Crippen LogP) is 0.645. The summed E-state index contributed by atoms with van der Waals surface area (Å²) in [4.78, 5) is 13.8. The molecule has 0 spiro atoms. The van der Waals surface area contributed by atoms with Crippen molar-refractivity contribution in [3.05, 3.63) is 23.8 Å². The molecule has 0 aliphatic carbocycles. The van der Waals surface area contributed by atoms with Crippen LogP contribution in [0.25, 0.3) is 0 Å². The highest BCUT2D eigenvalue weighted by Gasteiger charge is 2.26. The van der Waals surface area contributed by atoms with Crippen molar-refractivity contribution in [3.63, 3.8) is 0 Å². The first-order valence-corrected chi connectivity index (χ1v) is 8.11. The molecule has 1 aliphatic rings. The third-order valence-electron chi connectivity index (χ3n) is 3.26. The smallest absolute Gasteiger partial charge is 0.240 e. The maximum absolute atomic E-state index is 12.0. The van der Waals surface area contributed by atoms with Crippen LogP contribution < -0.4 is 15.4 Å². The van der Waals surface area contributed by atoms with E-state index >= 15 is 0 Å². The lowest BCUT2D eigenvalue weighted by atomic mass is 10.2. The Labute approximate surface area is 131 Å². The zero-order valence-electron chi connectivity index (χ0n) is 11.8. The first kappa shape index (κ1) is 17.9. The van der Waals surface area contributed by atoms with E-state index in [9.17, 15) is 13.2 Å². The van der Waals surface area contributed by atoms with Crippen LogP contribution in [0.2, 0.25) is 0 Å². The SMILES string of the molecule is CCNS(=O)(=O)c1ccc2c(c1)N(C(=O)CCN)CC2.Cl. The lowest BCUT2D eigenvalue weighted by Gasteiger charge is -2.17. The normalized spacial score (nSPS) is 13.7. The van der Waals surface area contributed by atoms with Crippen molar-refractivity contribution in [2.24, 2.45) is 5.73 Å². The van der Waals surface area contributed by atoms with Gasteiger partial charge in [-0.1, -0.05) is 13.0 Å². The minimum atomic E-state index is -3.51. The van der Waals surface area contributed by atoms with E-state index in [0.717, 1.165) is 12.0 Å². The van der Waals surface area contributed by atoms with Gasteiger partial charge in [0.2, 0.25) is 15.9 Å². The number of nitrogens with two attached hydrogens (primary N) is 1. The number of benzene rings is 1. The van der Waals surface area contributed by atoms with Crippen molar-refractivity contribution in [2.45, 2.75) is 24.7 Å². The molecule has 0 saturated carbocycles. The van der Waals surface area contributed by atoms with Crippen LogP contribution in [0.4, 0.5) is 5.69 Å². The summed E-state index contributed by atoms with van der Waals surface area (Å²) in [6.07, 6.45) is 1.01. The average Bonchev–Trinajstić information content (AvgIpc) is 2.81. The van der Waals surface area contributed by atoms with Crippen molar-refractivity contribution in [3.8, 4) is 0 Å². The standard InChI is InChI=1S/C13H19N3O3S.ClH/c1-2-15-20(18,19)11-4-3-10-6-8-16(12(10)9-11)13(17)5-7-14;/h3-4,9,15H,2,5-8,14H2,1H3;1H. The third-order valence-corrected chi connectivity index (χ3v) is 4.80. The van der Waals surface area contributed by atoms with Gasteiger partial charge in [-0.3, -0.25) is 4.79 Å². The van der Waals surface area contributed by atoms with E-state index in [4.69, 9.17) is 5.73 Å². The Balaban J connectivity index is 0.00000220. The van der Waals surface area contributed by atoms with E-state index in [1.165, 1.54) is 0 Å². The Morgan fingerprint density at radius 1 is 1.43 bits per heavy atom. The Bertz CT molecular complexity index is 619. The number of rotatable bonds is 5. The van der Waals surface area contributed by atoms with Crippen molar-refractivity contribution in [2.75, 3.05) is 24.5 Å². The highest BCUT2D eigenvalue weighted by Crippen LogP contribution is 2.30. The second-order valence-electron chi connectivity index (χ2n) is 4.63. The number of fused-ring (bicyclic) bond motifs is 1. The monoisotopic (exact) mass is 333 g/mol. The van der Waals surface area contributed by atoms with Gasteiger partial charge in [0, 0.05) is 31.7 Å². The van der Waals surface area contributed by atoms with Gasteiger partial charge in [0.05, 0.1) is 4.90 Å². The number of carbonyl (C=O) groups is 1. The van der Waals surface area contributed by atoms with Gasteiger partial charge >= 0.3 is 0 Å². The summed E-state index contributed by atoms with van der Waals surface area (Å²) in [6.45, 7) is 2.93. The van der Waals surface area contributed by atoms with Gasteiger partial charge in [-0.05, 0) is 24.1 Å². The van der Waals surface area contributed by atoms with Crippen molar-refractivity contribution in [1.82, 2.24) is 4.72 Å². The lowest BCUT2D eigenvalue weighted by molar-refractivity contribution is -0.118. The second-order valence-corrected chi connectivity index (χ2v) is 6.39. The molecule has 1 amide bonds. The van der Waals surface area contributed by atoms with Crippen molar-refractivity contribution >= 4 is 34.0 Å². The van der Waals surface area contributed by atoms with E-state index < -0.39 is 10.0 Å². The Hall–Kier alpha value is -1.15. The molecule has 1 aromatic carbocycles. The Kier molecular flexibility index (Phi) is 6.15. The molecule has 8 heteroatoms. The van der Waals surface area contributed by atoms with E-state index in [2.05, 4.69) is 4.72 Å². The minimum absolute atomic E-state index is 0. The third kappa shape index (κ3) is 3.74. The van der Waals surface area contributed by atoms with E-state index in [-0.39, 0.29) is 29.6 Å². The van der Waals surface area contributed by atoms with Crippen LogP contribution in [0.15, 0.2) is 23.1 Å². The molecule has 3 N–H and O–H groups in total. The molecule has 21 heavy (non-hydrogen) atoms. The summed E-state index contributed by atoms with van der Waals surface area (Å²) in [6, 6.07) is 4.91. The number of carbonyl (C=O) groups excluding carboxylic acids is 1. The molecule has 118 valence electrons. The summed E-state index contributed by atoms with van der Waals surface area (Å²) >= 11 is 0. The summed E-state index contributed by atoms with van der Waals surface area (Å²) in [5.74, 6) is -0.0655. The van der Waals surface area contributed by atoms with Gasteiger partial charge < -0.3 is 10.6 Å². The number of hydrogen-bond acceptors (Lipinski definition) is 4. The molecule has 1 aromatic rings. The van der Waals surface area contributed by atoms with Gasteiger partial charge in [0.1, 0.15) is 0 Å². The molecular weight excluding hydrogens is 314 g/mol. The quantitative estimate of drug-likeness (QED) is 0.827. The molecular formula is C13H20ClN3O3S. The lowest BCUT2D eigenvalue weighted by Crippen LogP contribution is -2.30. The number of hydrogen-bond donors (Lipinski definition) is 2. The van der Waals surface area contributed by atoms with Gasteiger partial charge in [0.15, 0.2) is 0 Å². The fourth-order valence-corrected chi connectivity index (χ4v) is 3.38. The van der Waals surface area contributed by atoms with Crippen LogP contribution in [0.1, 0.15) is 18.9 Å². The van der Waals surface area contributed by atoms with Crippen LogP contribution in [0, 0.1) is 0 Å². The van der Waals surface area contributed by atoms with Crippen molar-refractivity contribution < 1.29 is 13.2 Å². The van der Waals surface area contributed by atoms with E-state index in [1.54, 1.807) is 30.0 Å². The molecule has 0 fully saturated rings. The largest absolute Gasteiger partial charge is 0.330 e. The summed E-state index contributed by atoms with van der Waals surface area (Å²) < 4.78 is 26.4. The van der Waals surface area contributed by atoms with Crippen LogP contribution in [0.3, 0.4) is 0 Å². The average molecular weight is 334 g/mol. The highest BCUT2D eigenvalue weighted by atomic mass is 35.5. The predicted molar refractivity (Wildman–Crippen MR) is 84.3 cm³/mol. The number of nitrogens with zero attached hydrogens (tertiary/aromatic N) is 1. The van der Waals surface area contributed by atoms with Gasteiger partial charge in [-0.2, -0.15) is 0 Å². The van der Waals surface area contributed by atoms with Crippen LogP contribution >= 0.6 is 12.4 Å². The molecule has 2 rings (SSSR count). The summed E-state index contributed by atoms with van der Waals surface area (Å²) in [7, 11) is -3.51. The molecule has 0 saturated heterocycles. The molecule has 0 aromatic heterocycles. The maximum atomic E-state index is 12.0. The van der Waals surface area contributed by atoms with Crippen LogP contribution in [0.5, 0.6) is 0 Å². The molecule has 1 aliphatic heterocycles. The zero-order chi connectivity index (χ0) is 14.8. The highest BCUT2D eigenvalue weighted by molar-refractivity contribution is 7.89. The number of nitrogens with one attached hydrogen (secondary N) is 1. The van der Waals surface area contributed by atoms with E-state index in [1.807, 2.05) is 0 Å². The molecule has 1 heterocycles. The minimum Gasteiger partial charge on any atom is -0.330 e. The Morgan fingerprint density at radius 2 is 2.14 bits per heavy atom.